The van der Waals surface area contributed by atoms with Crippen LogP contribution < -0.4 is 0 Å². The molecule has 0 spiro atoms. The number of carbonyl (C=O) groups excluding carboxylic acids is 2. The van der Waals surface area contributed by atoms with Crippen LogP contribution in [0.2, 0.25) is 0 Å². The summed E-state index contributed by atoms with van der Waals surface area (Å²) in [5, 5.41) is 0. The van der Waals surface area contributed by atoms with E-state index in [1.54, 1.807) is 6.92 Å². The van der Waals surface area contributed by atoms with Crippen LogP contribution in [0.5, 0.6) is 0 Å². The van der Waals surface area contributed by atoms with Crippen molar-refractivity contribution in [2.45, 2.75) is 32.5 Å². The van der Waals surface area contributed by atoms with Crippen molar-refractivity contribution in [3.63, 3.8) is 0 Å². The molecule has 0 aliphatic heterocycles. The van der Waals surface area contributed by atoms with Crippen LogP contribution in [0.15, 0.2) is 30.3 Å². The van der Waals surface area contributed by atoms with Gasteiger partial charge in [0.05, 0.1) is 12.3 Å². The monoisotopic (exact) mass is 284 g/mol. The second kappa shape index (κ2) is 8.53. The normalized spacial score (nSPS) is 11.7. The maximum absolute atomic E-state index is 11.6. The first kappa shape index (κ1) is 15.5. The molecule has 0 heterocycles. The second-order valence-corrected chi connectivity index (χ2v) is 4.28. The van der Waals surface area contributed by atoms with Crippen molar-refractivity contribution in [2.24, 2.45) is 0 Å². The standard InChI is InChI=1S/C14H17ClO4/c1-2-13(16)19-12(9-15)8-14(17)18-10-11-6-4-3-5-7-11/h3-7,12H,2,8-10H2,1H3/t12-/m0/s1. The van der Waals surface area contributed by atoms with Crippen molar-refractivity contribution in [1.82, 2.24) is 0 Å². The minimum absolute atomic E-state index is 0.0257. The summed E-state index contributed by atoms with van der Waals surface area (Å²) in [5.74, 6) is -0.730. The first-order valence-electron chi connectivity index (χ1n) is 6.10. The van der Waals surface area contributed by atoms with Crippen LogP contribution >= 0.6 is 11.6 Å². The van der Waals surface area contributed by atoms with Gasteiger partial charge in [0.15, 0.2) is 0 Å². The summed E-state index contributed by atoms with van der Waals surface area (Å²) in [6.07, 6.45) is -0.397. The summed E-state index contributed by atoms with van der Waals surface area (Å²) in [4.78, 5) is 22.7. The number of benzene rings is 1. The van der Waals surface area contributed by atoms with Gasteiger partial charge in [0.25, 0.3) is 0 Å². The average molecular weight is 285 g/mol. The minimum atomic E-state index is -0.627. The van der Waals surface area contributed by atoms with E-state index in [4.69, 9.17) is 21.1 Å². The van der Waals surface area contributed by atoms with Gasteiger partial charge in [-0.25, -0.2) is 0 Å². The van der Waals surface area contributed by atoms with Crippen LogP contribution in [0.25, 0.3) is 0 Å². The van der Waals surface area contributed by atoms with Gasteiger partial charge in [0.1, 0.15) is 12.7 Å². The Hall–Kier alpha value is -1.55. The highest BCUT2D eigenvalue weighted by Crippen LogP contribution is 2.07. The van der Waals surface area contributed by atoms with E-state index in [-0.39, 0.29) is 31.3 Å². The zero-order valence-electron chi connectivity index (χ0n) is 10.8. The van der Waals surface area contributed by atoms with Gasteiger partial charge in [-0.1, -0.05) is 37.3 Å². The third kappa shape index (κ3) is 6.25. The first-order valence-corrected chi connectivity index (χ1v) is 6.64. The minimum Gasteiger partial charge on any atom is -0.461 e. The number of hydrogen-bond donors (Lipinski definition) is 0. The SMILES string of the molecule is CCC(=O)O[C@H](CCl)CC(=O)OCc1ccccc1. The Kier molecular flexibility index (Phi) is 6.97. The van der Waals surface area contributed by atoms with Gasteiger partial charge >= 0.3 is 11.9 Å². The molecule has 0 unspecified atom stereocenters. The van der Waals surface area contributed by atoms with E-state index in [0.29, 0.717) is 0 Å². The maximum atomic E-state index is 11.6. The highest BCUT2D eigenvalue weighted by Gasteiger charge is 2.17. The van der Waals surface area contributed by atoms with Gasteiger partial charge in [-0.15, -0.1) is 11.6 Å². The van der Waals surface area contributed by atoms with Crippen LogP contribution in [0.4, 0.5) is 0 Å². The van der Waals surface area contributed by atoms with Gasteiger partial charge < -0.3 is 9.47 Å². The molecular formula is C14H17ClO4. The number of ether oxygens (including phenoxy) is 2. The molecule has 0 saturated carbocycles. The number of alkyl halides is 1. The Morgan fingerprint density at radius 2 is 1.89 bits per heavy atom. The lowest BCUT2D eigenvalue weighted by molar-refractivity contribution is -0.154. The molecule has 0 N–H and O–H groups in total. The molecule has 0 aromatic heterocycles. The van der Waals surface area contributed by atoms with Gasteiger partial charge in [-0.2, -0.15) is 0 Å². The number of esters is 2. The van der Waals surface area contributed by atoms with Crippen molar-refractivity contribution in [3.8, 4) is 0 Å². The largest absolute Gasteiger partial charge is 0.461 e. The Morgan fingerprint density at radius 1 is 1.21 bits per heavy atom. The molecular weight excluding hydrogens is 268 g/mol. The summed E-state index contributed by atoms with van der Waals surface area (Å²) >= 11 is 5.64. The molecule has 0 aliphatic carbocycles. The molecule has 104 valence electrons. The van der Waals surface area contributed by atoms with Crippen LogP contribution in [0, 0.1) is 0 Å². The quantitative estimate of drug-likeness (QED) is 0.571. The smallest absolute Gasteiger partial charge is 0.309 e. The summed E-state index contributed by atoms with van der Waals surface area (Å²) in [7, 11) is 0. The Balaban J connectivity index is 2.35. The zero-order valence-corrected chi connectivity index (χ0v) is 11.6. The van der Waals surface area contributed by atoms with E-state index in [1.807, 2.05) is 30.3 Å². The summed E-state index contributed by atoms with van der Waals surface area (Å²) in [6, 6.07) is 9.35. The molecule has 0 bridgehead atoms. The average Bonchev–Trinajstić information content (AvgIpc) is 2.45. The summed E-state index contributed by atoms with van der Waals surface area (Å²) in [5.41, 5.74) is 0.906. The molecule has 19 heavy (non-hydrogen) atoms. The fourth-order valence-corrected chi connectivity index (χ4v) is 1.55. The van der Waals surface area contributed by atoms with Crippen LogP contribution in [-0.4, -0.2) is 23.9 Å². The van der Waals surface area contributed by atoms with Gasteiger partial charge in [0, 0.05) is 6.42 Å². The van der Waals surface area contributed by atoms with E-state index in [9.17, 15) is 9.59 Å². The van der Waals surface area contributed by atoms with E-state index >= 15 is 0 Å². The number of halogens is 1. The Labute approximate surface area is 117 Å². The molecule has 4 nitrogen and oxygen atoms in total. The third-order valence-corrected chi connectivity index (χ3v) is 2.74. The second-order valence-electron chi connectivity index (χ2n) is 3.97. The first-order chi connectivity index (χ1) is 9.15. The molecule has 0 amide bonds. The third-order valence-electron chi connectivity index (χ3n) is 2.40. The summed E-state index contributed by atoms with van der Waals surface area (Å²) < 4.78 is 10.1. The van der Waals surface area contributed by atoms with Crippen molar-refractivity contribution in [2.75, 3.05) is 5.88 Å². The lowest BCUT2D eigenvalue weighted by Crippen LogP contribution is -2.23. The topological polar surface area (TPSA) is 52.6 Å². The van der Waals surface area contributed by atoms with Gasteiger partial charge in [-0.3, -0.25) is 9.59 Å². The van der Waals surface area contributed by atoms with E-state index < -0.39 is 12.1 Å². The lowest BCUT2D eigenvalue weighted by atomic mass is 10.2. The van der Waals surface area contributed by atoms with Crippen molar-refractivity contribution in [1.29, 1.82) is 0 Å². The van der Waals surface area contributed by atoms with Crippen molar-refractivity contribution < 1.29 is 19.1 Å². The fraction of sp³-hybridized carbons (Fsp3) is 0.429. The van der Waals surface area contributed by atoms with Crippen LogP contribution in [0.3, 0.4) is 0 Å². The highest BCUT2D eigenvalue weighted by molar-refractivity contribution is 6.18. The highest BCUT2D eigenvalue weighted by atomic mass is 35.5. The van der Waals surface area contributed by atoms with Crippen molar-refractivity contribution >= 4 is 23.5 Å². The molecule has 0 aliphatic rings. The predicted molar refractivity (Wildman–Crippen MR) is 71.7 cm³/mol. The number of rotatable bonds is 7. The zero-order chi connectivity index (χ0) is 14.1. The molecule has 1 aromatic carbocycles. The lowest BCUT2D eigenvalue weighted by Gasteiger charge is -2.14. The summed E-state index contributed by atoms with van der Waals surface area (Å²) in [6.45, 7) is 1.89. The number of hydrogen-bond acceptors (Lipinski definition) is 4. The van der Waals surface area contributed by atoms with Crippen LogP contribution in [-0.2, 0) is 25.7 Å². The molecule has 0 fully saturated rings. The van der Waals surface area contributed by atoms with E-state index in [2.05, 4.69) is 0 Å². The Morgan fingerprint density at radius 3 is 2.47 bits per heavy atom. The van der Waals surface area contributed by atoms with E-state index in [0.717, 1.165) is 5.56 Å². The van der Waals surface area contributed by atoms with E-state index in [1.165, 1.54) is 0 Å². The molecule has 1 aromatic rings. The molecule has 0 radical (unpaired) electrons. The molecule has 1 rings (SSSR count). The number of carbonyl (C=O) groups is 2. The molecule has 0 saturated heterocycles. The molecule has 1 atom stereocenters. The van der Waals surface area contributed by atoms with Crippen molar-refractivity contribution in [3.05, 3.63) is 35.9 Å². The van der Waals surface area contributed by atoms with Crippen LogP contribution in [0.1, 0.15) is 25.3 Å². The predicted octanol–water partition coefficient (Wildman–Crippen LogP) is 2.68. The maximum Gasteiger partial charge on any atom is 0.309 e. The Bertz CT molecular complexity index is 405. The van der Waals surface area contributed by atoms with Gasteiger partial charge in [0.2, 0.25) is 0 Å². The molecule has 5 heteroatoms. The van der Waals surface area contributed by atoms with Gasteiger partial charge in [-0.05, 0) is 5.56 Å². The fourth-order valence-electron chi connectivity index (χ4n) is 1.38.